The third-order valence-electron chi connectivity index (χ3n) is 6.68. The number of sulfonamides is 1. The molecular weight excluding hydrogens is 574 g/mol. The Morgan fingerprint density at radius 1 is 0.837 bits per heavy atom. The molecule has 0 aliphatic rings. The van der Waals surface area contributed by atoms with Crippen molar-refractivity contribution in [2.45, 2.75) is 39.2 Å². The minimum Gasteiger partial charge on any atom is -0.466 e. The molecule has 0 saturated heterocycles. The van der Waals surface area contributed by atoms with E-state index in [-0.39, 0.29) is 29.3 Å². The molecule has 4 aromatic rings. The van der Waals surface area contributed by atoms with Gasteiger partial charge in [0.15, 0.2) is 0 Å². The van der Waals surface area contributed by atoms with Crippen molar-refractivity contribution in [3.63, 3.8) is 0 Å². The lowest BCUT2D eigenvalue weighted by atomic mass is 9.98. The maximum absolute atomic E-state index is 15.6. The molecule has 0 atom stereocenters. The maximum atomic E-state index is 15.6. The van der Waals surface area contributed by atoms with Gasteiger partial charge < -0.3 is 14.8 Å². The number of hydrogen-bond acceptors (Lipinski definition) is 6. The van der Waals surface area contributed by atoms with Gasteiger partial charge in [-0.15, -0.1) is 0 Å². The minimum absolute atomic E-state index is 0.113. The predicted molar refractivity (Wildman–Crippen MR) is 164 cm³/mol. The van der Waals surface area contributed by atoms with Crippen molar-refractivity contribution >= 4 is 27.4 Å². The van der Waals surface area contributed by atoms with Crippen LogP contribution in [0.15, 0.2) is 91.0 Å². The van der Waals surface area contributed by atoms with Crippen LogP contribution in [-0.2, 0) is 38.4 Å². The van der Waals surface area contributed by atoms with Crippen molar-refractivity contribution in [1.29, 1.82) is 0 Å². The van der Waals surface area contributed by atoms with E-state index in [4.69, 9.17) is 9.47 Å². The second-order valence-corrected chi connectivity index (χ2v) is 11.8. The van der Waals surface area contributed by atoms with Crippen LogP contribution in [0.5, 0.6) is 11.5 Å². The Morgan fingerprint density at radius 3 is 2.07 bits per heavy atom. The predicted octanol–water partition coefficient (Wildman–Crippen LogP) is 7.41. The summed E-state index contributed by atoms with van der Waals surface area (Å²) in [6.07, 6.45) is 2.16. The van der Waals surface area contributed by atoms with Crippen molar-refractivity contribution < 1.29 is 31.5 Å². The number of ether oxygens (including phenoxy) is 2. The van der Waals surface area contributed by atoms with Crippen LogP contribution in [0.1, 0.15) is 41.2 Å². The Morgan fingerprint density at radius 2 is 1.44 bits per heavy atom. The van der Waals surface area contributed by atoms with E-state index in [0.29, 0.717) is 42.1 Å². The van der Waals surface area contributed by atoms with Crippen LogP contribution in [0.25, 0.3) is 0 Å². The number of carbonyl (C=O) groups excluding carboxylic acids is 1. The highest BCUT2D eigenvalue weighted by Gasteiger charge is 2.34. The van der Waals surface area contributed by atoms with Gasteiger partial charge >= 0.3 is 12.0 Å². The number of aryl methyl sites for hydroxylation is 1. The van der Waals surface area contributed by atoms with Crippen LogP contribution in [0.4, 0.5) is 20.2 Å². The van der Waals surface area contributed by atoms with E-state index in [1.165, 1.54) is 24.3 Å². The van der Waals surface area contributed by atoms with Gasteiger partial charge in [0.05, 0.1) is 18.6 Å². The zero-order valence-electron chi connectivity index (χ0n) is 24.2. The van der Waals surface area contributed by atoms with Crippen molar-refractivity contribution in [1.82, 2.24) is 0 Å². The number of carbonyl (C=O) groups is 1. The molecule has 0 bridgehead atoms. The molecule has 226 valence electrons. The van der Waals surface area contributed by atoms with Gasteiger partial charge in [0.2, 0.25) is 10.0 Å². The first-order valence-corrected chi connectivity index (χ1v) is 15.7. The second-order valence-electron chi connectivity index (χ2n) is 10.1. The standard InChI is InChI=1S/C33H34F2N2O5S/c1-4-41-32(38)21-16-24-12-17-27(18-13-24)42-28-19-14-25(15-20-28)22-26-8-5-6-9-29(26)33(34,35)36-30-10-7-11-31(23(30)2)37-43(3,39)40/h5-15,17-20,36-37H,4,16,21-22H2,1-3H3. The summed E-state index contributed by atoms with van der Waals surface area (Å²) in [5.41, 5.74) is 2.77. The first-order chi connectivity index (χ1) is 20.4. The zero-order chi connectivity index (χ0) is 31.0. The number of benzene rings is 4. The van der Waals surface area contributed by atoms with Crippen molar-refractivity contribution in [3.8, 4) is 11.5 Å². The lowest BCUT2D eigenvalue weighted by Crippen LogP contribution is -2.27. The molecule has 0 spiro atoms. The molecule has 0 heterocycles. The summed E-state index contributed by atoms with van der Waals surface area (Å²) in [7, 11) is -3.57. The average molecular weight is 609 g/mol. The van der Waals surface area contributed by atoms with Gasteiger partial charge in [-0.1, -0.05) is 54.6 Å². The Hall–Kier alpha value is -4.44. The Balaban J connectivity index is 1.43. The van der Waals surface area contributed by atoms with Gasteiger partial charge in [0.25, 0.3) is 0 Å². The van der Waals surface area contributed by atoms with Gasteiger partial charge in [-0.05, 0) is 85.3 Å². The third kappa shape index (κ3) is 9.02. The number of rotatable bonds is 13. The van der Waals surface area contributed by atoms with Crippen LogP contribution < -0.4 is 14.8 Å². The molecule has 7 nitrogen and oxygen atoms in total. The Kier molecular flexibility index (Phi) is 10.0. The average Bonchev–Trinajstić information content (AvgIpc) is 2.95. The van der Waals surface area contributed by atoms with Crippen molar-refractivity contribution in [2.75, 3.05) is 22.9 Å². The first kappa shape index (κ1) is 31.5. The molecule has 0 fully saturated rings. The van der Waals surface area contributed by atoms with Gasteiger partial charge in [0, 0.05) is 17.7 Å². The normalized spacial score (nSPS) is 11.6. The van der Waals surface area contributed by atoms with E-state index >= 15 is 8.78 Å². The smallest absolute Gasteiger partial charge is 0.350 e. The van der Waals surface area contributed by atoms with E-state index in [2.05, 4.69) is 10.0 Å². The second kappa shape index (κ2) is 13.7. The summed E-state index contributed by atoms with van der Waals surface area (Å²) >= 11 is 0. The topological polar surface area (TPSA) is 93.7 Å². The lowest BCUT2D eigenvalue weighted by molar-refractivity contribution is -0.143. The summed E-state index contributed by atoms with van der Waals surface area (Å²) in [6, 6.07) is 22.1. The highest BCUT2D eigenvalue weighted by molar-refractivity contribution is 7.92. The summed E-state index contributed by atoms with van der Waals surface area (Å²) in [5, 5.41) is 2.30. The molecule has 43 heavy (non-hydrogen) atoms. The molecule has 0 unspecified atom stereocenters. The van der Waals surface area contributed by atoms with Crippen LogP contribution in [-0.4, -0.2) is 27.2 Å². The monoisotopic (exact) mass is 608 g/mol. The van der Waals surface area contributed by atoms with E-state index in [9.17, 15) is 13.2 Å². The summed E-state index contributed by atoms with van der Waals surface area (Å²) in [4.78, 5) is 11.6. The molecule has 2 N–H and O–H groups in total. The van der Waals surface area contributed by atoms with E-state index in [1.54, 1.807) is 44.2 Å². The number of hydrogen-bond donors (Lipinski definition) is 2. The number of alkyl halides is 2. The van der Waals surface area contributed by atoms with Gasteiger partial charge in [-0.3, -0.25) is 9.52 Å². The lowest BCUT2D eigenvalue weighted by Gasteiger charge is -2.24. The zero-order valence-corrected chi connectivity index (χ0v) is 25.0. The summed E-state index contributed by atoms with van der Waals surface area (Å²) in [5.74, 6) is 1.01. The molecule has 10 heteroatoms. The van der Waals surface area contributed by atoms with Crippen LogP contribution in [0.2, 0.25) is 0 Å². The molecule has 4 aromatic carbocycles. The molecule has 0 aromatic heterocycles. The number of esters is 1. The molecule has 0 radical (unpaired) electrons. The highest BCUT2D eigenvalue weighted by atomic mass is 32.2. The number of anilines is 2. The van der Waals surface area contributed by atoms with Crippen LogP contribution in [0, 0.1) is 6.92 Å². The molecular formula is C33H34F2N2O5S. The SMILES string of the molecule is CCOC(=O)CCc1ccc(Oc2ccc(Cc3ccccc3C(F)(F)Nc3cccc(NS(C)(=O)=O)c3C)cc2)cc1. The van der Waals surface area contributed by atoms with Gasteiger partial charge in [0.1, 0.15) is 11.5 Å². The molecule has 0 amide bonds. The van der Waals surface area contributed by atoms with E-state index in [0.717, 1.165) is 17.4 Å². The van der Waals surface area contributed by atoms with Gasteiger partial charge in [-0.2, -0.15) is 8.78 Å². The molecule has 0 aliphatic carbocycles. The maximum Gasteiger partial charge on any atom is 0.350 e. The first-order valence-electron chi connectivity index (χ1n) is 13.8. The summed E-state index contributed by atoms with van der Waals surface area (Å²) < 4.78 is 67.8. The third-order valence-corrected chi connectivity index (χ3v) is 7.27. The fourth-order valence-corrected chi connectivity index (χ4v) is 5.15. The van der Waals surface area contributed by atoms with Crippen molar-refractivity contribution in [3.05, 3.63) is 119 Å². The molecule has 0 aliphatic heterocycles. The van der Waals surface area contributed by atoms with Crippen molar-refractivity contribution in [2.24, 2.45) is 0 Å². The quantitative estimate of drug-likeness (QED) is 0.121. The largest absolute Gasteiger partial charge is 0.466 e. The number of nitrogens with one attached hydrogen (secondary N) is 2. The summed E-state index contributed by atoms with van der Waals surface area (Å²) in [6.45, 7) is 3.71. The fraction of sp³-hybridized carbons (Fsp3) is 0.242. The van der Waals surface area contributed by atoms with Crippen LogP contribution in [0.3, 0.4) is 0 Å². The minimum atomic E-state index is -3.57. The van der Waals surface area contributed by atoms with Crippen LogP contribution >= 0.6 is 0 Å². The highest BCUT2D eigenvalue weighted by Crippen LogP contribution is 2.36. The Bertz CT molecular complexity index is 1660. The molecule has 0 saturated carbocycles. The van der Waals surface area contributed by atoms with Gasteiger partial charge in [-0.25, -0.2) is 8.42 Å². The molecule has 4 rings (SSSR count). The van der Waals surface area contributed by atoms with E-state index < -0.39 is 16.1 Å². The Labute approximate surface area is 250 Å². The van der Waals surface area contributed by atoms with E-state index in [1.807, 2.05) is 36.4 Å². The number of halogens is 2. The fourth-order valence-electron chi connectivity index (χ4n) is 4.53.